The normalized spacial score (nSPS) is 24.5. The predicted molar refractivity (Wildman–Crippen MR) is 106 cm³/mol. The fraction of sp³-hybridized carbons (Fsp3) is 0.524. The van der Waals surface area contributed by atoms with E-state index in [0.717, 1.165) is 55.4 Å². The molecule has 2 aliphatic rings. The summed E-state index contributed by atoms with van der Waals surface area (Å²) >= 11 is 0. The van der Waals surface area contributed by atoms with Gasteiger partial charge in [-0.2, -0.15) is 0 Å². The van der Waals surface area contributed by atoms with E-state index >= 15 is 0 Å². The summed E-state index contributed by atoms with van der Waals surface area (Å²) in [5, 5.41) is 19.7. The van der Waals surface area contributed by atoms with Crippen molar-refractivity contribution in [3.05, 3.63) is 42.1 Å². The van der Waals surface area contributed by atoms with Crippen molar-refractivity contribution < 1.29 is 10.2 Å². The van der Waals surface area contributed by atoms with E-state index < -0.39 is 5.60 Å². The van der Waals surface area contributed by atoms with Gasteiger partial charge in [-0.3, -0.25) is 4.90 Å². The van der Waals surface area contributed by atoms with Crippen molar-refractivity contribution in [2.24, 2.45) is 0 Å². The number of likely N-dealkylation sites (tertiary alicyclic amines) is 1. The molecule has 2 aliphatic heterocycles. The second-order valence-corrected chi connectivity index (χ2v) is 7.88. The summed E-state index contributed by atoms with van der Waals surface area (Å²) in [6.07, 6.45) is 2.76. The molecular formula is C21H28N4O2. The molecule has 2 N–H and O–H groups in total. The number of benzene rings is 1. The molecule has 27 heavy (non-hydrogen) atoms. The second-order valence-electron chi connectivity index (χ2n) is 7.88. The van der Waals surface area contributed by atoms with Gasteiger partial charge >= 0.3 is 0 Å². The van der Waals surface area contributed by atoms with Gasteiger partial charge in [0.1, 0.15) is 11.4 Å². The highest BCUT2D eigenvalue weighted by Gasteiger charge is 2.39. The summed E-state index contributed by atoms with van der Waals surface area (Å²) < 4.78 is 0. The van der Waals surface area contributed by atoms with E-state index in [2.05, 4.69) is 20.9 Å². The Morgan fingerprint density at radius 1 is 1.11 bits per heavy atom. The van der Waals surface area contributed by atoms with Crippen molar-refractivity contribution in [2.75, 3.05) is 37.7 Å². The van der Waals surface area contributed by atoms with Crippen molar-refractivity contribution >= 4 is 5.82 Å². The van der Waals surface area contributed by atoms with Crippen LogP contribution in [-0.4, -0.2) is 69.5 Å². The van der Waals surface area contributed by atoms with Gasteiger partial charge in [0.15, 0.2) is 5.82 Å². The molecule has 1 atom stereocenters. The quantitative estimate of drug-likeness (QED) is 0.858. The molecule has 1 aromatic carbocycles. The smallest absolute Gasteiger partial charge is 0.161 e. The summed E-state index contributed by atoms with van der Waals surface area (Å²) in [7, 11) is 0. The van der Waals surface area contributed by atoms with Crippen LogP contribution in [0.15, 0.2) is 36.4 Å². The molecule has 0 radical (unpaired) electrons. The highest BCUT2D eigenvalue weighted by molar-refractivity contribution is 5.57. The maximum atomic E-state index is 10.3. The number of rotatable bonds is 4. The lowest BCUT2D eigenvalue weighted by atomic mass is 10.0. The van der Waals surface area contributed by atoms with Crippen molar-refractivity contribution in [1.82, 2.24) is 14.9 Å². The first kappa shape index (κ1) is 18.3. The van der Waals surface area contributed by atoms with Gasteiger partial charge in [-0.25, -0.2) is 9.97 Å². The van der Waals surface area contributed by atoms with Gasteiger partial charge in [-0.1, -0.05) is 30.3 Å². The van der Waals surface area contributed by atoms with Crippen LogP contribution in [-0.2, 0) is 0 Å². The van der Waals surface area contributed by atoms with Gasteiger partial charge < -0.3 is 15.1 Å². The molecule has 2 saturated heterocycles. The van der Waals surface area contributed by atoms with Crippen molar-refractivity contribution in [1.29, 1.82) is 0 Å². The van der Waals surface area contributed by atoms with Gasteiger partial charge in [0.05, 0.1) is 6.61 Å². The molecule has 0 bridgehead atoms. The molecule has 144 valence electrons. The first-order valence-electron chi connectivity index (χ1n) is 9.80. The Morgan fingerprint density at radius 3 is 2.52 bits per heavy atom. The molecule has 0 amide bonds. The summed E-state index contributed by atoms with van der Waals surface area (Å²) in [5.74, 6) is 1.77. The maximum absolute atomic E-state index is 10.3. The first-order chi connectivity index (χ1) is 13.1. The van der Waals surface area contributed by atoms with Crippen molar-refractivity contribution in [3.8, 4) is 11.4 Å². The number of aliphatic hydroxyl groups excluding tert-OH is 1. The molecule has 4 rings (SSSR count). The molecule has 2 aromatic rings. The number of nitrogens with zero attached hydrogens (tertiary/aromatic N) is 4. The minimum atomic E-state index is -0.911. The molecule has 0 aliphatic carbocycles. The minimum absolute atomic E-state index is 0.148. The fourth-order valence-electron chi connectivity index (χ4n) is 4.22. The van der Waals surface area contributed by atoms with Crippen LogP contribution >= 0.6 is 0 Å². The van der Waals surface area contributed by atoms with Gasteiger partial charge in [0.25, 0.3) is 0 Å². The molecule has 0 unspecified atom stereocenters. The highest BCUT2D eigenvalue weighted by Crippen LogP contribution is 2.29. The second kappa shape index (κ2) is 7.54. The number of anilines is 1. The van der Waals surface area contributed by atoms with Gasteiger partial charge in [0, 0.05) is 49.5 Å². The molecule has 6 nitrogen and oxygen atoms in total. The predicted octanol–water partition coefficient (Wildman–Crippen LogP) is 1.85. The number of aryl methyl sites for hydroxylation is 1. The Balaban J connectivity index is 1.44. The summed E-state index contributed by atoms with van der Waals surface area (Å²) in [4.78, 5) is 14.1. The molecule has 1 aromatic heterocycles. The Morgan fingerprint density at radius 2 is 1.85 bits per heavy atom. The van der Waals surface area contributed by atoms with E-state index in [1.165, 1.54) is 0 Å². The third-order valence-electron chi connectivity index (χ3n) is 5.83. The topological polar surface area (TPSA) is 72.7 Å². The third-order valence-corrected chi connectivity index (χ3v) is 5.83. The van der Waals surface area contributed by atoms with Crippen LogP contribution in [0.4, 0.5) is 5.82 Å². The maximum Gasteiger partial charge on any atom is 0.161 e. The zero-order valence-electron chi connectivity index (χ0n) is 15.9. The zero-order chi connectivity index (χ0) is 18.9. The van der Waals surface area contributed by atoms with Crippen LogP contribution in [0.3, 0.4) is 0 Å². The average Bonchev–Trinajstić information content (AvgIpc) is 3.11. The van der Waals surface area contributed by atoms with Gasteiger partial charge in [-0.05, 0) is 26.2 Å². The number of piperidine rings is 1. The molecule has 3 heterocycles. The van der Waals surface area contributed by atoms with E-state index in [-0.39, 0.29) is 6.61 Å². The van der Waals surface area contributed by atoms with Crippen LogP contribution in [0.5, 0.6) is 0 Å². The van der Waals surface area contributed by atoms with Crippen LogP contribution in [0.25, 0.3) is 11.4 Å². The van der Waals surface area contributed by atoms with Gasteiger partial charge in [0.2, 0.25) is 0 Å². The van der Waals surface area contributed by atoms with E-state index in [1.54, 1.807) is 0 Å². The van der Waals surface area contributed by atoms with Crippen LogP contribution in [0, 0.1) is 6.92 Å². The van der Waals surface area contributed by atoms with E-state index in [1.807, 2.05) is 37.3 Å². The highest BCUT2D eigenvalue weighted by atomic mass is 16.3. The monoisotopic (exact) mass is 368 g/mol. The van der Waals surface area contributed by atoms with E-state index in [9.17, 15) is 10.2 Å². The standard InChI is InChI=1S/C21H28N4O2/c1-16-13-19(23-20(22-16)17-5-3-2-4-6-17)24-10-7-18(8-11-24)25-12-9-21(27,14-25)15-26/h2-6,13,18,26-27H,7-12,14-15H2,1H3/t21-/m1/s1. The Hall–Kier alpha value is -2.02. The molecule has 0 saturated carbocycles. The minimum Gasteiger partial charge on any atom is -0.393 e. The number of aromatic nitrogens is 2. The first-order valence-corrected chi connectivity index (χ1v) is 9.80. The summed E-state index contributed by atoms with van der Waals surface area (Å²) in [5.41, 5.74) is 1.11. The Kier molecular flexibility index (Phi) is 5.12. The van der Waals surface area contributed by atoms with E-state index in [4.69, 9.17) is 4.98 Å². The van der Waals surface area contributed by atoms with Gasteiger partial charge in [-0.15, -0.1) is 0 Å². The Labute approximate surface area is 160 Å². The lowest BCUT2D eigenvalue weighted by Gasteiger charge is -2.37. The lowest BCUT2D eigenvalue weighted by molar-refractivity contribution is -0.00940. The third kappa shape index (κ3) is 3.98. The molecule has 6 heteroatoms. The molecular weight excluding hydrogens is 340 g/mol. The number of β-amino-alcohol motifs (C(OH)–C–C–N with tert-alkyl or cyclic N) is 1. The van der Waals surface area contributed by atoms with E-state index in [0.29, 0.717) is 19.0 Å². The zero-order valence-corrected chi connectivity index (χ0v) is 15.9. The van der Waals surface area contributed by atoms with Crippen molar-refractivity contribution in [3.63, 3.8) is 0 Å². The number of hydrogen-bond donors (Lipinski definition) is 2. The molecule has 0 spiro atoms. The summed E-state index contributed by atoms with van der Waals surface area (Å²) in [6.45, 7) is 5.22. The number of aliphatic hydroxyl groups is 2. The van der Waals surface area contributed by atoms with Crippen LogP contribution in [0.1, 0.15) is 25.0 Å². The SMILES string of the molecule is Cc1cc(N2CCC(N3CC[C@](O)(CO)C3)CC2)nc(-c2ccccc2)n1. The average molecular weight is 368 g/mol. The van der Waals surface area contributed by atoms with Crippen LogP contribution < -0.4 is 4.90 Å². The fourth-order valence-corrected chi connectivity index (χ4v) is 4.22. The van der Waals surface area contributed by atoms with Crippen molar-refractivity contribution in [2.45, 2.75) is 37.8 Å². The molecule has 2 fully saturated rings. The Bertz CT molecular complexity index is 777. The van der Waals surface area contributed by atoms with Crippen LogP contribution in [0.2, 0.25) is 0 Å². The largest absolute Gasteiger partial charge is 0.393 e. The number of hydrogen-bond acceptors (Lipinski definition) is 6. The summed E-state index contributed by atoms with van der Waals surface area (Å²) in [6, 6.07) is 12.6. The lowest BCUT2D eigenvalue weighted by Crippen LogP contribution is -2.46.